The molecule has 0 aromatic rings. The average molecular weight is 1450 g/mol. The van der Waals surface area contributed by atoms with Crippen molar-refractivity contribution in [2.45, 2.75) is 252 Å². The molecule has 0 bridgehead atoms. The quantitative estimate of drug-likeness (QED) is 0.0242. The van der Waals surface area contributed by atoms with E-state index < -0.39 is 5.60 Å². The minimum absolute atomic E-state index is 0.00972. The van der Waals surface area contributed by atoms with Crippen LogP contribution in [0.15, 0.2) is 139 Å². The maximum absolute atomic E-state index is 10.6. The summed E-state index contributed by atoms with van der Waals surface area (Å²) in [6.45, 7) is 78.1. The number of rotatable bonds is 37. The van der Waals surface area contributed by atoms with Crippen molar-refractivity contribution in [3.8, 4) is 0 Å². The third-order valence-corrected chi connectivity index (χ3v) is 10.6. The Morgan fingerprint density at radius 3 is 0.922 bits per heavy atom. The number of carbonyl (C=O) groups excluding carboxylic acids is 11. The van der Waals surface area contributed by atoms with Crippen molar-refractivity contribution in [1.82, 2.24) is 0 Å². The van der Waals surface area contributed by atoms with E-state index in [1.54, 1.807) is 13.8 Å². The smallest absolute Gasteiger partial charge is 0.330 e. The molecule has 0 radical (unpaired) electrons. The monoisotopic (exact) mass is 1450 g/mol. The Morgan fingerprint density at radius 1 is 0.304 bits per heavy atom. The van der Waals surface area contributed by atoms with Gasteiger partial charge in [0.15, 0.2) is 0 Å². The van der Waals surface area contributed by atoms with Crippen molar-refractivity contribution in [2.75, 3.05) is 39.6 Å². The summed E-state index contributed by atoms with van der Waals surface area (Å²) in [7, 11) is 0. The Labute approximate surface area is 616 Å². The van der Waals surface area contributed by atoms with E-state index in [1.807, 2.05) is 90.0 Å². The van der Waals surface area contributed by atoms with Crippen LogP contribution in [-0.2, 0) is 105 Å². The number of carbonyl (C=O) groups is 11. The van der Waals surface area contributed by atoms with Crippen LogP contribution < -0.4 is 0 Å². The molecule has 0 aliphatic rings. The van der Waals surface area contributed by atoms with Gasteiger partial charge in [-0.3, -0.25) is 0 Å². The first-order valence-corrected chi connectivity index (χ1v) is 34.7. The first kappa shape index (κ1) is 117. The fourth-order valence-corrected chi connectivity index (χ4v) is 4.72. The van der Waals surface area contributed by atoms with Crippen LogP contribution in [-0.4, -0.2) is 135 Å². The molecule has 0 N–H and O–H groups in total. The number of hydrogen-bond acceptors (Lipinski definition) is 22. The van der Waals surface area contributed by atoms with E-state index in [0.29, 0.717) is 57.4 Å². The molecule has 590 valence electrons. The first-order chi connectivity index (χ1) is 47.7. The molecule has 0 heterocycles. The lowest BCUT2D eigenvalue weighted by atomic mass is 10.1. The van der Waals surface area contributed by atoms with Gasteiger partial charge in [-0.05, 0) is 118 Å². The maximum Gasteiger partial charge on any atom is 0.330 e. The molecular formula is C80H138O22. The number of unbranched alkanes of at least 4 members (excludes halogenated alkanes) is 3. The lowest BCUT2D eigenvalue weighted by Crippen LogP contribution is -2.22. The molecule has 0 aliphatic heterocycles. The van der Waals surface area contributed by atoms with Crippen molar-refractivity contribution in [2.24, 2.45) is 17.8 Å². The molecule has 0 aromatic carbocycles. The Bertz CT molecular complexity index is 2260. The third kappa shape index (κ3) is 128. The molecule has 0 rings (SSSR count). The molecule has 0 fully saturated rings. The fourth-order valence-electron chi connectivity index (χ4n) is 4.72. The average Bonchev–Trinajstić information content (AvgIpc) is 1.08. The second-order valence-corrected chi connectivity index (χ2v) is 22.9. The normalized spacial score (nSPS) is 10.0. The van der Waals surface area contributed by atoms with E-state index >= 15 is 0 Å². The van der Waals surface area contributed by atoms with Gasteiger partial charge in [0, 0.05) is 66.8 Å². The summed E-state index contributed by atoms with van der Waals surface area (Å²) in [5.74, 6) is -2.31. The van der Waals surface area contributed by atoms with E-state index in [-0.39, 0.29) is 90.1 Å². The largest absolute Gasteiger partial charge is 0.463 e. The predicted molar refractivity (Wildman–Crippen MR) is 410 cm³/mol. The van der Waals surface area contributed by atoms with Crippen LogP contribution in [0.25, 0.3) is 0 Å². The number of hydrogen-bond donors (Lipinski definition) is 0. The van der Waals surface area contributed by atoms with Crippen LogP contribution in [0.3, 0.4) is 0 Å². The number of ether oxygens (including phenoxy) is 11. The van der Waals surface area contributed by atoms with Gasteiger partial charge in [0.05, 0.1) is 58.0 Å². The highest BCUT2D eigenvalue weighted by Crippen LogP contribution is 2.07. The molecule has 0 aliphatic carbocycles. The molecule has 0 amide bonds. The van der Waals surface area contributed by atoms with Gasteiger partial charge in [0.1, 0.15) is 11.7 Å². The zero-order chi connectivity index (χ0) is 81.9. The molecule has 0 spiro atoms. The minimum atomic E-state index is -0.398. The zero-order valence-corrected chi connectivity index (χ0v) is 66.6. The van der Waals surface area contributed by atoms with Gasteiger partial charge in [0.25, 0.3) is 0 Å². The maximum atomic E-state index is 10.6. The van der Waals surface area contributed by atoms with E-state index in [9.17, 15) is 52.7 Å². The van der Waals surface area contributed by atoms with Crippen LogP contribution in [0.1, 0.15) is 222 Å². The highest BCUT2D eigenvalue weighted by molar-refractivity contribution is 5.84. The van der Waals surface area contributed by atoms with Gasteiger partial charge in [-0.2, -0.15) is 0 Å². The van der Waals surface area contributed by atoms with Crippen molar-refractivity contribution in [1.29, 1.82) is 0 Å². The topological polar surface area (TPSA) is 289 Å². The van der Waals surface area contributed by atoms with Gasteiger partial charge < -0.3 is 52.1 Å². The van der Waals surface area contributed by atoms with Crippen LogP contribution in [0.4, 0.5) is 0 Å². The molecule has 102 heavy (non-hydrogen) atoms. The Hall–Kier alpha value is -8.69. The fraction of sp³-hybridized carbons (Fsp3) is 0.588. The first-order valence-electron chi connectivity index (χ1n) is 34.7. The minimum Gasteiger partial charge on any atom is -0.463 e. The van der Waals surface area contributed by atoms with Crippen LogP contribution in [0.5, 0.6) is 0 Å². The Balaban J connectivity index is -0.0000000993. The Kier molecular flexibility index (Phi) is 104. The van der Waals surface area contributed by atoms with Gasteiger partial charge in [-0.1, -0.05) is 194 Å². The standard InChI is InChI=1S/5C8H14O2.4C7H12O2.2C6H10O2/c1-4-8(9)10-6-5-7(2)3;1-4-7(3)6-10-8(9)5-2;1-4-6-7(3)10-8(9)5-2;1-4-7(5-2)10-8(9)6-3;1-3-5-6-7-10-8(9)4-2;1-5-6(8)9-7(2,3)4;1-4-7(8)9-5-6(2)3;1-4-6(3)9-7(8)5-2;1-3-5-6-9-7(8)4-2;1-4-6(7)8-5(2)3;1-3-5-8-6(7)4-2/h4,7H,1,5-6H2,2-3H3;2*5,7H,2,4,6H2,1,3H3;6-7H,3-5H2,1-2H3;4H,2-3,5-7H2,1H3;5H,1H2,2-4H3;4,6H,1,5H2,2-3H3;5-6H,2,4H2,1,3H3;4H,2-3,5-6H2,1H3;4-5H,1H2,2-3H3;4H,2-3,5H2,1H3. The molecule has 0 saturated carbocycles. The van der Waals surface area contributed by atoms with Crippen LogP contribution >= 0.6 is 0 Å². The number of esters is 11. The molecule has 0 aromatic heterocycles. The van der Waals surface area contributed by atoms with Crippen molar-refractivity contribution >= 4 is 65.7 Å². The van der Waals surface area contributed by atoms with Crippen LogP contribution in [0.2, 0.25) is 0 Å². The van der Waals surface area contributed by atoms with Crippen LogP contribution in [0, 0.1) is 17.8 Å². The summed E-state index contributed by atoms with van der Waals surface area (Å²) in [6, 6.07) is 0. The molecule has 22 heteroatoms. The second-order valence-electron chi connectivity index (χ2n) is 22.9. The van der Waals surface area contributed by atoms with Gasteiger partial charge in [0.2, 0.25) is 0 Å². The van der Waals surface area contributed by atoms with Crippen molar-refractivity contribution in [3.05, 3.63) is 139 Å². The predicted octanol–water partition coefficient (Wildman–Crippen LogP) is 17.4. The zero-order valence-electron chi connectivity index (χ0n) is 66.6. The molecule has 22 nitrogen and oxygen atoms in total. The molecule has 0 saturated heterocycles. The van der Waals surface area contributed by atoms with E-state index in [0.717, 1.165) is 102 Å². The van der Waals surface area contributed by atoms with E-state index in [1.165, 1.54) is 48.6 Å². The lowest BCUT2D eigenvalue weighted by Gasteiger charge is -2.17. The molecular weight excluding hydrogens is 1310 g/mol. The summed E-state index contributed by atoms with van der Waals surface area (Å²) in [5.41, 5.74) is -0.398. The summed E-state index contributed by atoms with van der Waals surface area (Å²) in [4.78, 5) is 115. The summed E-state index contributed by atoms with van der Waals surface area (Å²) in [5, 5.41) is 0. The second kappa shape index (κ2) is 90.3. The van der Waals surface area contributed by atoms with Crippen molar-refractivity contribution in [3.63, 3.8) is 0 Å². The summed E-state index contributed by atoms with van der Waals surface area (Å²) >= 11 is 0. The SMILES string of the molecule is C=CC(=O)OC(C)(C)C.C=CC(=O)OC(C)C.C=CC(=O)OC(C)CC.C=CC(=O)OC(C)CCC.C=CC(=O)OC(CC)CC.C=CC(=O)OCC(C)C.C=CC(=O)OCC(C)CC.C=CC(=O)OCCC.C=CC(=O)OCCC(C)C.C=CC(=O)OCCCC.C=CC(=O)OCCCCC. The summed E-state index contributed by atoms with van der Waals surface area (Å²) in [6.07, 6.45) is 25.5. The lowest BCUT2D eigenvalue weighted by molar-refractivity contribution is -0.149. The molecule has 3 atom stereocenters. The van der Waals surface area contributed by atoms with Gasteiger partial charge in [-0.25, -0.2) is 52.7 Å². The highest BCUT2D eigenvalue weighted by atomic mass is 16.6. The van der Waals surface area contributed by atoms with E-state index in [4.69, 9.17) is 37.9 Å². The third-order valence-electron chi connectivity index (χ3n) is 10.6. The highest BCUT2D eigenvalue weighted by Gasteiger charge is 2.13. The van der Waals surface area contributed by atoms with Gasteiger partial charge >= 0.3 is 65.7 Å². The summed E-state index contributed by atoms with van der Waals surface area (Å²) < 4.78 is 52.3. The Morgan fingerprint density at radius 2 is 0.637 bits per heavy atom. The van der Waals surface area contributed by atoms with E-state index in [2.05, 4.69) is 121 Å². The van der Waals surface area contributed by atoms with Crippen molar-refractivity contribution < 1.29 is 105 Å². The van der Waals surface area contributed by atoms with Gasteiger partial charge in [-0.15, -0.1) is 0 Å². The molecule has 3 unspecified atom stereocenters.